The van der Waals surface area contributed by atoms with Gasteiger partial charge in [-0.2, -0.15) is 0 Å². The molecule has 3 N–H and O–H groups in total. The van der Waals surface area contributed by atoms with E-state index in [9.17, 15) is 0 Å². The molecule has 22 heavy (non-hydrogen) atoms. The summed E-state index contributed by atoms with van der Waals surface area (Å²) in [6.45, 7) is 14.6. The molecular weight excluding hydrogens is 302 g/mol. The van der Waals surface area contributed by atoms with Gasteiger partial charge < -0.3 is 20.5 Å². The summed E-state index contributed by atoms with van der Waals surface area (Å²) in [4.78, 5) is 4.07. The van der Waals surface area contributed by atoms with Crippen LogP contribution in [0.5, 0.6) is 0 Å². The Morgan fingerprint density at radius 1 is 1.50 bits per heavy atom. The van der Waals surface area contributed by atoms with Gasteiger partial charge in [-0.3, -0.25) is 4.99 Å². The highest BCUT2D eigenvalue weighted by molar-refractivity contribution is 6.31. The molecule has 0 saturated carbocycles. The van der Waals surface area contributed by atoms with Gasteiger partial charge in [-0.05, 0) is 32.4 Å². The summed E-state index contributed by atoms with van der Waals surface area (Å²) in [5.74, 6) is 0.129. The van der Waals surface area contributed by atoms with Gasteiger partial charge in [-0.15, -0.1) is 6.58 Å². The lowest BCUT2D eigenvalue weighted by atomic mass is 10.2. The molecule has 0 aliphatic rings. The third-order valence-electron chi connectivity index (χ3n) is 2.38. The lowest BCUT2D eigenvalue weighted by molar-refractivity contribution is 0.0345. The van der Waals surface area contributed by atoms with Gasteiger partial charge in [0.05, 0.1) is 19.6 Å². The number of aliphatic imine (C=N–C) groups is 1. The van der Waals surface area contributed by atoms with Crippen molar-refractivity contribution in [2.75, 3.05) is 19.8 Å². The number of hydrogen-bond donors (Lipinski definition) is 2. The number of nitrogens with one attached hydrogen (secondary N) is 1. The van der Waals surface area contributed by atoms with Crippen LogP contribution in [0.15, 0.2) is 52.5 Å². The molecule has 0 aliphatic heterocycles. The molecule has 0 bridgehead atoms. The molecule has 1 unspecified atom stereocenters. The Hall–Kier alpha value is -1.72. The highest BCUT2D eigenvalue weighted by Gasteiger charge is 2.08. The van der Waals surface area contributed by atoms with Crippen molar-refractivity contribution in [1.82, 2.24) is 5.32 Å². The van der Waals surface area contributed by atoms with Gasteiger partial charge in [-0.25, -0.2) is 0 Å². The Labute approximate surface area is 138 Å². The first-order valence-electron chi connectivity index (χ1n) is 7.05. The minimum absolute atomic E-state index is 0.129. The van der Waals surface area contributed by atoms with Crippen molar-refractivity contribution in [3.05, 3.63) is 47.5 Å². The van der Waals surface area contributed by atoms with Crippen molar-refractivity contribution in [1.29, 1.82) is 0 Å². The van der Waals surface area contributed by atoms with Crippen LogP contribution < -0.4 is 11.1 Å². The molecular formula is C16H26ClN3O2. The first-order chi connectivity index (χ1) is 10.4. The van der Waals surface area contributed by atoms with Gasteiger partial charge in [0.1, 0.15) is 11.1 Å². The predicted molar refractivity (Wildman–Crippen MR) is 93.7 cm³/mol. The van der Waals surface area contributed by atoms with Crippen molar-refractivity contribution in [2.45, 2.75) is 26.9 Å². The van der Waals surface area contributed by atoms with Gasteiger partial charge in [0.25, 0.3) is 0 Å². The second-order valence-corrected chi connectivity index (χ2v) is 4.98. The Morgan fingerprint density at radius 2 is 2.18 bits per heavy atom. The molecule has 0 aromatic carbocycles. The molecule has 0 aromatic heterocycles. The SMILES string of the molecule is C=CCOCC(C)O/C(N)=C(Cl)/C=C(/NC=NCC)C(=C)C. The van der Waals surface area contributed by atoms with Crippen LogP contribution in [-0.4, -0.2) is 32.2 Å². The van der Waals surface area contributed by atoms with Gasteiger partial charge in [0.15, 0.2) is 0 Å². The molecule has 0 fully saturated rings. The average molecular weight is 328 g/mol. The van der Waals surface area contributed by atoms with Gasteiger partial charge in [0, 0.05) is 12.2 Å². The van der Waals surface area contributed by atoms with E-state index in [0.717, 1.165) is 5.57 Å². The average Bonchev–Trinajstić information content (AvgIpc) is 2.46. The number of nitrogens with two attached hydrogens (primary N) is 1. The third-order valence-corrected chi connectivity index (χ3v) is 2.67. The van der Waals surface area contributed by atoms with Crippen molar-refractivity contribution in [3.8, 4) is 0 Å². The van der Waals surface area contributed by atoms with Crippen LogP contribution >= 0.6 is 11.6 Å². The molecule has 0 aliphatic carbocycles. The molecule has 0 spiro atoms. The maximum atomic E-state index is 6.16. The summed E-state index contributed by atoms with van der Waals surface area (Å²) in [6.07, 6.45) is 4.70. The van der Waals surface area contributed by atoms with E-state index in [-0.39, 0.29) is 17.0 Å². The topological polar surface area (TPSA) is 68.9 Å². The maximum absolute atomic E-state index is 6.16. The molecule has 0 rings (SSSR count). The normalized spacial score (nSPS) is 14.5. The number of rotatable bonds is 11. The lowest BCUT2D eigenvalue weighted by Gasteiger charge is -2.15. The first kappa shape index (κ1) is 20.3. The molecule has 0 heterocycles. The van der Waals surface area contributed by atoms with E-state index in [2.05, 4.69) is 23.5 Å². The van der Waals surface area contributed by atoms with Crippen molar-refractivity contribution in [3.63, 3.8) is 0 Å². The molecule has 6 heteroatoms. The summed E-state index contributed by atoms with van der Waals surface area (Å²) in [6, 6.07) is 0. The Balaban J connectivity index is 4.79. The van der Waals surface area contributed by atoms with Crippen LogP contribution in [-0.2, 0) is 9.47 Å². The third kappa shape index (κ3) is 9.26. The fourth-order valence-corrected chi connectivity index (χ4v) is 1.47. The molecule has 124 valence electrons. The van der Waals surface area contributed by atoms with Crippen LogP contribution in [0.2, 0.25) is 0 Å². The van der Waals surface area contributed by atoms with Crippen LogP contribution in [0, 0.1) is 0 Å². The fourth-order valence-electron chi connectivity index (χ4n) is 1.32. The number of halogens is 1. The second kappa shape index (κ2) is 11.9. The summed E-state index contributed by atoms with van der Waals surface area (Å²) >= 11 is 6.16. The first-order valence-corrected chi connectivity index (χ1v) is 7.43. The Bertz CT molecular complexity index is 456. The molecule has 0 aromatic rings. The number of allylic oxidation sites excluding steroid dienone is 3. The quantitative estimate of drug-likeness (QED) is 0.153. The summed E-state index contributed by atoms with van der Waals surface area (Å²) in [7, 11) is 0. The highest BCUT2D eigenvalue weighted by atomic mass is 35.5. The van der Waals surface area contributed by atoms with Gasteiger partial charge in [-0.1, -0.05) is 24.3 Å². The number of ether oxygens (including phenoxy) is 2. The largest absolute Gasteiger partial charge is 0.473 e. The van der Waals surface area contributed by atoms with E-state index in [0.29, 0.717) is 25.5 Å². The van der Waals surface area contributed by atoms with E-state index in [1.165, 1.54) is 0 Å². The minimum atomic E-state index is -0.218. The zero-order chi connectivity index (χ0) is 17.0. The smallest absolute Gasteiger partial charge is 0.203 e. The monoisotopic (exact) mass is 327 g/mol. The molecule has 1 atom stereocenters. The molecule has 0 radical (unpaired) electrons. The van der Waals surface area contributed by atoms with Crippen molar-refractivity contribution >= 4 is 17.9 Å². The predicted octanol–water partition coefficient (Wildman–Crippen LogP) is 3.06. The minimum Gasteiger partial charge on any atom is -0.473 e. The maximum Gasteiger partial charge on any atom is 0.203 e. The van der Waals surface area contributed by atoms with E-state index in [1.54, 1.807) is 18.5 Å². The summed E-state index contributed by atoms with van der Waals surface area (Å²) in [5.41, 5.74) is 7.35. The van der Waals surface area contributed by atoms with Crippen molar-refractivity contribution < 1.29 is 9.47 Å². The number of nitrogens with zero attached hydrogens (tertiary/aromatic N) is 1. The summed E-state index contributed by atoms with van der Waals surface area (Å²) < 4.78 is 10.8. The number of hydrogen-bond acceptors (Lipinski definition) is 4. The highest BCUT2D eigenvalue weighted by Crippen LogP contribution is 2.15. The van der Waals surface area contributed by atoms with E-state index in [1.807, 2.05) is 20.8 Å². The lowest BCUT2D eigenvalue weighted by Crippen LogP contribution is -2.20. The second-order valence-electron chi connectivity index (χ2n) is 4.58. The van der Waals surface area contributed by atoms with E-state index >= 15 is 0 Å². The fraction of sp³-hybridized carbons (Fsp3) is 0.438. The van der Waals surface area contributed by atoms with E-state index in [4.69, 9.17) is 26.8 Å². The Kier molecular flexibility index (Phi) is 11.0. The van der Waals surface area contributed by atoms with E-state index < -0.39 is 0 Å². The van der Waals surface area contributed by atoms with Gasteiger partial charge in [0.2, 0.25) is 5.88 Å². The molecule has 5 nitrogen and oxygen atoms in total. The standard InChI is InChI=1S/C16H26ClN3O2/c1-6-8-21-10-13(5)22-16(18)14(17)9-15(12(3)4)20-11-19-7-2/h6,9,11,13H,1,3,7-8,10,18H2,2,4-5H3,(H,19,20)/b15-9+,16-14-. The Morgan fingerprint density at radius 3 is 2.73 bits per heavy atom. The van der Waals surface area contributed by atoms with Crippen LogP contribution in [0.3, 0.4) is 0 Å². The molecule has 0 amide bonds. The van der Waals surface area contributed by atoms with Crippen LogP contribution in [0.1, 0.15) is 20.8 Å². The molecule has 0 saturated heterocycles. The van der Waals surface area contributed by atoms with Gasteiger partial charge >= 0.3 is 0 Å². The van der Waals surface area contributed by atoms with Crippen LogP contribution in [0.4, 0.5) is 0 Å². The van der Waals surface area contributed by atoms with Crippen LogP contribution in [0.25, 0.3) is 0 Å². The zero-order valence-electron chi connectivity index (χ0n) is 13.6. The summed E-state index contributed by atoms with van der Waals surface area (Å²) in [5, 5.41) is 3.29. The zero-order valence-corrected chi connectivity index (χ0v) is 14.3. The van der Waals surface area contributed by atoms with Crippen molar-refractivity contribution in [2.24, 2.45) is 10.7 Å².